The number of pyridine rings is 1. The van der Waals surface area contributed by atoms with E-state index >= 15 is 0 Å². The third kappa shape index (κ3) is 3.05. The number of hydrogen-bond donors (Lipinski definition) is 0. The fourth-order valence-electron chi connectivity index (χ4n) is 2.05. The fraction of sp³-hybridized carbons (Fsp3) is 0.200. The maximum Gasteiger partial charge on any atom is 0.312 e. The van der Waals surface area contributed by atoms with Gasteiger partial charge in [-0.3, -0.25) is 14.9 Å². The van der Waals surface area contributed by atoms with Gasteiger partial charge < -0.3 is 4.74 Å². The highest BCUT2D eigenvalue weighted by Crippen LogP contribution is 2.35. The molecule has 1 aromatic heterocycles. The summed E-state index contributed by atoms with van der Waals surface area (Å²) in [6.45, 7) is 5.25. The van der Waals surface area contributed by atoms with Crippen LogP contribution in [-0.4, -0.2) is 16.2 Å². The lowest BCUT2D eigenvalue weighted by atomic mass is 10.1. The molecule has 6 nitrogen and oxygen atoms in total. The Bertz CT molecular complexity index is 726. The highest BCUT2D eigenvalue weighted by Gasteiger charge is 2.20. The van der Waals surface area contributed by atoms with Gasteiger partial charge in [-0.15, -0.1) is 0 Å². The summed E-state index contributed by atoms with van der Waals surface area (Å²) >= 11 is 0. The summed E-state index contributed by atoms with van der Waals surface area (Å²) in [5.41, 5.74) is 2.40. The number of rotatable bonds is 4. The van der Waals surface area contributed by atoms with E-state index in [0.29, 0.717) is 23.0 Å². The summed E-state index contributed by atoms with van der Waals surface area (Å²) in [7, 11) is 0. The number of carbonyl (C=O) groups is 1. The van der Waals surface area contributed by atoms with Gasteiger partial charge in [0.25, 0.3) is 0 Å². The summed E-state index contributed by atoms with van der Waals surface area (Å²) in [6.07, 6.45) is 2.05. The number of nitrogens with zero attached hydrogens (tertiary/aromatic N) is 2. The third-order valence-corrected chi connectivity index (χ3v) is 2.98. The van der Waals surface area contributed by atoms with E-state index in [4.69, 9.17) is 4.74 Å². The number of ether oxygens (including phenoxy) is 1. The molecule has 0 aliphatic heterocycles. The molecule has 0 atom stereocenters. The predicted molar refractivity (Wildman–Crippen MR) is 77.0 cm³/mol. The number of nitro groups is 1. The van der Waals surface area contributed by atoms with Crippen LogP contribution >= 0.6 is 0 Å². The van der Waals surface area contributed by atoms with Crippen LogP contribution in [0.1, 0.15) is 27.0 Å². The standard InChI is InChI=1S/C15H14N2O4/c1-9-4-10(2)14(13(5-9)17(19)20)21-15-11(3)6-12(8-18)7-16-15/h4-8H,1-3H3. The molecule has 0 unspecified atom stereocenters. The Morgan fingerprint density at radius 1 is 1.19 bits per heavy atom. The quantitative estimate of drug-likeness (QED) is 0.488. The Morgan fingerprint density at radius 2 is 1.90 bits per heavy atom. The number of aldehydes is 1. The van der Waals surface area contributed by atoms with Crippen molar-refractivity contribution in [3.8, 4) is 11.6 Å². The molecule has 0 amide bonds. The van der Waals surface area contributed by atoms with Crippen molar-refractivity contribution in [1.82, 2.24) is 4.98 Å². The molecule has 6 heteroatoms. The molecule has 21 heavy (non-hydrogen) atoms. The first-order valence-corrected chi connectivity index (χ1v) is 6.27. The minimum atomic E-state index is -0.482. The van der Waals surface area contributed by atoms with Crippen LogP contribution in [0.4, 0.5) is 5.69 Å². The Morgan fingerprint density at radius 3 is 2.48 bits per heavy atom. The molecule has 0 fully saturated rings. The molecule has 2 rings (SSSR count). The Hall–Kier alpha value is -2.76. The van der Waals surface area contributed by atoms with Crippen molar-refractivity contribution in [1.29, 1.82) is 0 Å². The summed E-state index contributed by atoms with van der Waals surface area (Å²) in [5, 5.41) is 11.2. The highest BCUT2D eigenvalue weighted by atomic mass is 16.6. The zero-order valence-corrected chi connectivity index (χ0v) is 11.9. The van der Waals surface area contributed by atoms with Gasteiger partial charge in [-0.05, 0) is 38.0 Å². The maximum atomic E-state index is 11.2. The van der Waals surface area contributed by atoms with E-state index in [9.17, 15) is 14.9 Å². The minimum absolute atomic E-state index is 0.104. The summed E-state index contributed by atoms with van der Waals surface area (Å²) in [5.74, 6) is 0.413. The Labute approximate surface area is 121 Å². The minimum Gasteiger partial charge on any atom is -0.431 e. The number of carbonyl (C=O) groups excluding carboxylic acids is 1. The van der Waals surface area contributed by atoms with Gasteiger partial charge in [0.05, 0.1) is 4.92 Å². The Balaban J connectivity index is 2.49. The first-order chi connectivity index (χ1) is 9.92. The average molecular weight is 286 g/mol. The van der Waals surface area contributed by atoms with Crippen molar-refractivity contribution < 1.29 is 14.5 Å². The molecule has 0 bridgehead atoms. The van der Waals surface area contributed by atoms with Crippen LogP contribution in [0.25, 0.3) is 0 Å². The molecule has 108 valence electrons. The van der Waals surface area contributed by atoms with Crippen molar-refractivity contribution in [2.75, 3.05) is 0 Å². The SMILES string of the molecule is Cc1cc(C)c(Oc2ncc(C=O)cc2C)c([N+](=O)[O-])c1. The lowest BCUT2D eigenvalue weighted by Crippen LogP contribution is -1.99. The van der Waals surface area contributed by atoms with Gasteiger partial charge in [0.15, 0.2) is 6.29 Å². The van der Waals surface area contributed by atoms with Crippen molar-refractivity contribution in [3.63, 3.8) is 0 Å². The van der Waals surface area contributed by atoms with E-state index in [2.05, 4.69) is 4.98 Å². The van der Waals surface area contributed by atoms with Gasteiger partial charge in [0, 0.05) is 23.4 Å². The molecule has 1 heterocycles. The van der Waals surface area contributed by atoms with Crippen LogP contribution < -0.4 is 4.74 Å². The largest absolute Gasteiger partial charge is 0.431 e. The van der Waals surface area contributed by atoms with Gasteiger partial charge in [-0.1, -0.05) is 6.07 Å². The van der Waals surface area contributed by atoms with Crippen LogP contribution in [0, 0.1) is 30.9 Å². The van der Waals surface area contributed by atoms with Gasteiger partial charge in [0.1, 0.15) is 0 Å². The number of benzene rings is 1. The topological polar surface area (TPSA) is 82.3 Å². The van der Waals surface area contributed by atoms with Gasteiger partial charge in [-0.25, -0.2) is 4.98 Å². The van der Waals surface area contributed by atoms with Crippen LogP contribution in [0.15, 0.2) is 24.4 Å². The number of aromatic nitrogens is 1. The highest BCUT2D eigenvalue weighted by molar-refractivity contribution is 5.74. The van der Waals surface area contributed by atoms with Crippen molar-refractivity contribution in [2.24, 2.45) is 0 Å². The molecule has 2 aromatic rings. The van der Waals surface area contributed by atoms with Crippen LogP contribution in [0.3, 0.4) is 0 Å². The van der Waals surface area contributed by atoms with E-state index in [1.165, 1.54) is 12.3 Å². The lowest BCUT2D eigenvalue weighted by molar-refractivity contribution is -0.385. The van der Waals surface area contributed by atoms with Gasteiger partial charge in [0.2, 0.25) is 11.6 Å². The van der Waals surface area contributed by atoms with Crippen molar-refractivity contribution >= 4 is 12.0 Å². The third-order valence-electron chi connectivity index (χ3n) is 2.98. The first kappa shape index (κ1) is 14.6. The van der Waals surface area contributed by atoms with Gasteiger partial charge in [-0.2, -0.15) is 0 Å². The van der Waals surface area contributed by atoms with E-state index < -0.39 is 4.92 Å². The zero-order chi connectivity index (χ0) is 15.6. The van der Waals surface area contributed by atoms with Crippen LogP contribution in [0.5, 0.6) is 11.6 Å². The number of hydrogen-bond acceptors (Lipinski definition) is 5. The summed E-state index contributed by atoms with van der Waals surface area (Å²) < 4.78 is 5.62. The van der Waals surface area contributed by atoms with E-state index in [-0.39, 0.29) is 17.3 Å². The smallest absolute Gasteiger partial charge is 0.312 e. The molecule has 0 aliphatic carbocycles. The maximum absolute atomic E-state index is 11.2. The monoisotopic (exact) mass is 286 g/mol. The van der Waals surface area contributed by atoms with E-state index in [1.807, 2.05) is 0 Å². The molecule has 0 radical (unpaired) electrons. The van der Waals surface area contributed by atoms with Crippen LogP contribution in [0.2, 0.25) is 0 Å². The second kappa shape index (κ2) is 5.70. The molecule has 0 saturated carbocycles. The van der Waals surface area contributed by atoms with Crippen LogP contribution in [-0.2, 0) is 0 Å². The molecule has 1 aromatic carbocycles. The summed E-state index contributed by atoms with van der Waals surface area (Å²) in [6, 6.07) is 4.87. The first-order valence-electron chi connectivity index (χ1n) is 6.27. The predicted octanol–water partition coefficient (Wildman–Crippen LogP) is 3.52. The second-order valence-electron chi connectivity index (χ2n) is 4.80. The van der Waals surface area contributed by atoms with Crippen molar-refractivity contribution in [3.05, 3.63) is 56.8 Å². The van der Waals surface area contributed by atoms with E-state index in [0.717, 1.165) is 5.56 Å². The van der Waals surface area contributed by atoms with Crippen molar-refractivity contribution in [2.45, 2.75) is 20.8 Å². The van der Waals surface area contributed by atoms with Gasteiger partial charge >= 0.3 is 5.69 Å². The fourth-order valence-corrected chi connectivity index (χ4v) is 2.05. The molecular weight excluding hydrogens is 272 g/mol. The molecule has 0 N–H and O–H groups in total. The second-order valence-corrected chi connectivity index (χ2v) is 4.80. The Kier molecular flexibility index (Phi) is 3.98. The molecule has 0 saturated heterocycles. The zero-order valence-electron chi connectivity index (χ0n) is 11.9. The normalized spacial score (nSPS) is 10.2. The lowest BCUT2D eigenvalue weighted by Gasteiger charge is -2.11. The number of nitro benzene ring substituents is 1. The summed E-state index contributed by atoms with van der Waals surface area (Å²) in [4.78, 5) is 25.4. The molecule has 0 aliphatic rings. The average Bonchev–Trinajstić information content (AvgIpc) is 2.42. The van der Waals surface area contributed by atoms with E-state index in [1.54, 1.807) is 32.9 Å². The number of aryl methyl sites for hydroxylation is 3. The molecular formula is C15H14N2O4. The molecule has 0 spiro atoms.